The van der Waals surface area contributed by atoms with Crippen molar-refractivity contribution in [3.05, 3.63) is 33.8 Å². The van der Waals surface area contributed by atoms with Gasteiger partial charge in [-0.1, -0.05) is 29.3 Å². The van der Waals surface area contributed by atoms with Gasteiger partial charge < -0.3 is 11.1 Å². The van der Waals surface area contributed by atoms with Crippen molar-refractivity contribution in [3.63, 3.8) is 0 Å². The van der Waals surface area contributed by atoms with E-state index in [1.54, 1.807) is 18.2 Å². The van der Waals surface area contributed by atoms with Crippen molar-refractivity contribution in [1.82, 2.24) is 5.32 Å². The summed E-state index contributed by atoms with van der Waals surface area (Å²) in [7, 11) is 0. The number of benzene rings is 1. The van der Waals surface area contributed by atoms with Crippen LogP contribution in [0, 0.1) is 0 Å². The van der Waals surface area contributed by atoms with Crippen molar-refractivity contribution in [3.8, 4) is 0 Å². The first-order valence-corrected chi connectivity index (χ1v) is 6.21. The average molecular weight is 312 g/mol. The molecule has 102 valence electrons. The SMILES string of the molecule is CC(N)CCNC(=O)Cc1c(Cl)cccc1Cl.Cl. The second kappa shape index (κ2) is 8.59. The van der Waals surface area contributed by atoms with Crippen LogP contribution in [0.4, 0.5) is 0 Å². The molecule has 0 fully saturated rings. The Morgan fingerprint density at radius 1 is 1.39 bits per heavy atom. The first kappa shape index (κ1) is 17.5. The molecule has 0 bridgehead atoms. The molecular formula is C12H17Cl3N2O. The van der Waals surface area contributed by atoms with Gasteiger partial charge in [-0.15, -0.1) is 12.4 Å². The lowest BCUT2D eigenvalue weighted by Gasteiger charge is -2.09. The van der Waals surface area contributed by atoms with Gasteiger partial charge in [0.25, 0.3) is 0 Å². The predicted octanol–water partition coefficient (Wildman–Crippen LogP) is 2.81. The molecule has 1 atom stereocenters. The molecule has 1 rings (SSSR count). The summed E-state index contributed by atoms with van der Waals surface area (Å²) < 4.78 is 0. The molecule has 0 aromatic heterocycles. The minimum atomic E-state index is -0.0966. The summed E-state index contributed by atoms with van der Waals surface area (Å²) in [4.78, 5) is 11.6. The third-order valence-corrected chi connectivity index (χ3v) is 3.03. The van der Waals surface area contributed by atoms with Crippen LogP contribution in [0.1, 0.15) is 18.9 Å². The molecule has 0 aliphatic rings. The summed E-state index contributed by atoms with van der Waals surface area (Å²) in [5.41, 5.74) is 6.25. The zero-order valence-corrected chi connectivity index (χ0v) is 12.4. The summed E-state index contributed by atoms with van der Waals surface area (Å²) in [6.45, 7) is 2.47. The molecule has 1 unspecified atom stereocenters. The Labute approximate surface area is 123 Å². The maximum Gasteiger partial charge on any atom is 0.224 e. The van der Waals surface area contributed by atoms with Crippen LogP contribution in [-0.4, -0.2) is 18.5 Å². The van der Waals surface area contributed by atoms with Gasteiger partial charge in [0.15, 0.2) is 0 Å². The van der Waals surface area contributed by atoms with Crippen LogP contribution >= 0.6 is 35.6 Å². The quantitative estimate of drug-likeness (QED) is 0.878. The van der Waals surface area contributed by atoms with E-state index in [0.29, 0.717) is 22.2 Å². The van der Waals surface area contributed by atoms with Gasteiger partial charge >= 0.3 is 0 Å². The molecule has 18 heavy (non-hydrogen) atoms. The van der Waals surface area contributed by atoms with Gasteiger partial charge in [0.05, 0.1) is 6.42 Å². The molecule has 0 heterocycles. The normalized spacial score (nSPS) is 11.6. The molecular weight excluding hydrogens is 295 g/mol. The monoisotopic (exact) mass is 310 g/mol. The number of amides is 1. The van der Waals surface area contributed by atoms with Crippen molar-refractivity contribution in [1.29, 1.82) is 0 Å². The molecule has 3 nitrogen and oxygen atoms in total. The van der Waals surface area contributed by atoms with E-state index in [-0.39, 0.29) is 30.8 Å². The van der Waals surface area contributed by atoms with Gasteiger partial charge in [0, 0.05) is 22.6 Å². The Hall–Kier alpha value is -0.480. The van der Waals surface area contributed by atoms with Gasteiger partial charge in [-0.3, -0.25) is 4.79 Å². The van der Waals surface area contributed by atoms with E-state index < -0.39 is 0 Å². The summed E-state index contributed by atoms with van der Waals surface area (Å²) in [6.07, 6.45) is 0.944. The van der Waals surface area contributed by atoms with Gasteiger partial charge in [-0.2, -0.15) is 0 Å². The average Bonchev–Trinajstić information content (AvgIpc) is 2.23. The minimum absolute atomic E-state index is 0. The Bertz CT molecular complexity index is 377. The van der Waals surface area contributed by atoms with E-state index >= 15 is 0 Å². The van der Waals surface area contributed by atoms with Crippen LogP contribution in [-0.2, 0) is 11.2 Å². The Morgan fingerprint density at radius 2 is 1.94 bits per heavy atom. The fourth-order valence-electron chi connectivity index (χ4n) is 1.36. The maximum absolute atomic E-state index is 11.6. The molecule has 0 spiro atoms. The number of hydrogen-bond acceptors (Lipinski definition) is 2. The Kier molecular flexibility index (Phi) is 8.36. The van der Waals surface area contributed by atoms with E-state index in [0.717, 1.165) is 6.42 Å². The fraction of sp³-hybridized carbons (Fsp3) is 0.417. The highest BCUT2D eigenvalue weighted by Gasteiger charge is 2.10. The zero-order chi connectivity index (χ0) is 12.8. The van der Waals surface area contributed by atoms with Crippen molar-refractivity contribution in [2.24, 2.45) is 5.73 Å². The maximum atomic E-state index is 11.6. The third-order valence-electron chi connectivity index (χ3n) is 2.32. The van der Waals surface area contributed by atoms with Crippen LogP contribution in [0.3, 0.4) is 0 Å². The largest absolute Gasteiger partial charge is 0.356 e. The van der Waals surface area contributed by atoms with E-state index in [9.17, 15) is 4.79 Å². The molecule has 0 aliphatic heterocycles. The van der Waals surface area contributed by atoms with Crippen LogP contribution in [0.2, 0.25) is 10.0 Å². The predicted molar refractivity (Wildman–Crippen MR) is 78.7 cm³/mol. The molecule has 0 aliphatic carbocycles. The Morgan fingerprint density at radius 3 is 2.44 bits per heavy atom. The lowest BCUT2D eigenvalue weighted by molar-refractivity contribution is -0.120. The number of carbonyl (C=O) groups excluding carboxylic acids is 1. The topological polar surface area (TPSA) is 55.1 Å². The smallest absolute Gasteiger partial charge is 0.224 e. The molecule has 6 heteroatoms. The van der Waals surface area contributed by atoms with E-state index in [4.69, 9.17) is 28.9 Å². The third kappa shape index (κ3) is 5.91. The molecule has 0 radical (unpaired) electrons. The van der Waals surface area contributed by atoms with Crippen LogP contribution in [0.25, 0.3) is 0 Å². The standard InChI is InChI=1S/C12H16Cl2N2O.ClH/c1-8(15)5-6-16-12(17)7-9-10(13)3-2-4-11(9)14;/h2-4,8H,5-7,15H2,1H3,(H,16,17);1H. The van der Waals surface area contributed by atoms with Gasteiger partial charge in [0.2, 0.25) is 5.91 Å². The fourth-order valence-corrected chi connectivity index (χ4v) is 1.89. The van der Waals surface area contributed by atoms with Crippen molar-refractivity contribution < 1.29 is 4.79 Å². The van der Waals surface area contributed by atoms with Gasteiger partial charge in [-0.25, -0.2) is 0 Å². The van der Waals surface area contributed by atoms with Gasteiger partial charge in [0.1, 0.15) is 0 Å². The van der Waals surface area contributed by atoms with E-state index in [2.05, 4.69) is 5.32 Å². The Balaban J connectivity index is 0.00000289. The summed E-state index contributed by atoms with van der Waals surface area (Å²) in [5.74, 6) is -0.0966. The number of halogens is 3. The molecule has 1 aromatic rings. The number of nitrogens with one attached hydrogen (secondary N) is 1. The number of hydrogen-bond donors (Lipinski definition) is 2. The first-order valence-electron chi connectivity index (χ1n) is 5.46. The van der Waals surface area contributed by atoms with E-state index in [1.165, 1.54) is 0 Å². The lowest BCUT2D eigenvalue weighted by atomic mass is 10.1. The minimum Gasteiger partial charge on any atom is -0.356 e. The van der Waals surface area contributed by atoms with Crippen LogP contribution < -0.4 is 11.1 Å². The highest BCUT2D eigenvalue weighted by atomic mass is 35.5. The number of nitrogens with two attached hydrogens (primary N) is 1. The van der Waals surface area contributed by atoms with E-state index in [1.807, 2.05) is 6.92 Å². The van der Waals surface area contributed by atoms with Crippen LogP contribution in [0.5, 0.6) is 0 Å². The summed E-state index contributed by atoms with van der Waals surface area (Å²) in [5, 5.41) is 3.81. The summed E-state index contributed by atoms with van der Waals surface area (Å²) in [6, 6.07) is 5.28. The summed E-state index contributed by atoms with van der Waals surface area (Å²) >= 11 is 11.9. The second-order valence-corrected chi connectivity index (χ2v) is 4.81. The molecule has 1 aromatic carbocycles. The molecule has 1 amide bonds. The first-order chi connectivity index (χ1) is 8.00. The van der Waals surface area contributed by atoms with Crippen LogP contribution in [0.15, 0.2) is 18.2 Å². The number of rotatable bonds is 5. The van der Waals surface area contributed by atoms with Crippen molar-refractivity contribution in [2.75, 3.05) is 6.54 Å². The molecule has 0 saturated heterocycles. The highest BCUT2D eigenvalue weighted by molar-refractivity contribution is 6.36. The van der Waals surface area contributed by atoms with Crippen molar-refractivity contribution >= 4 is 41.5 Å². The number of carbonyl (C=O) groups is 1. The zero-order valence-electron chi connectivity index (χ0n) is 10.1. The molecule has 3 N–H and O–H groups in total. The van der Waals surface area contributed by atoms with Gasteiger partial charge in [-0.05, 0) is 31.0 Å². The lowest BCUT2D eigenvalue weighted by Crippen LogP contribution is -2.30. The molecule has 0 saturated carbocycles. The van der Waals surface area contributed by atoms with Crippen molar-refractivity contribution in [2.45, 2.75) is 25.8 Å². The highest BCUT2D eigenvalue weighted by Crippen LogP contribution is 2.24. The second-order valence-electron chi connectivity index (χ2n) is 3.99.